The van der Waals surface area contributed by atoms with E-state index in [2.05, 4.69) is 15.3 Å². The van der Waals surface area contributed by atoms with E-state index in [4.69, 9.17) is 9.47 Å². The maximum atomic E-state index is 15.0. The minimum Gasteiger partial charge on any atom is -0.467 e. The molecule has 1 spiro atoms. The minimum atomic E-state index is -4.91. The van der Waals surface area contributed by atoms with Crippen LogP contribution in [0.5, 0.6) is 6.01 Å². The van der Waals surface area contributed by atoms with Crippen molar-refractivity contribution in [3.63, 3.8) is 0 Å². The van der Waals surface area contributed by atoms with E-state index in [1.54, 1.807) is 26.8 Å². The maximum absolute atomic E-state index is 15.0. The smallest absolute Gasteiger partial charge is 0.419 e. The molecule has 1 fully saturated rings. The quantitative estimate of drug-likeness (QED) is 0.351. The number of aromatic nitrogens is 2. The number of rotatable bonds is 5. The lowest BCUT2D eigenvalue weighted by molar-refractivity contribution is -0.140. The summed E-state index contributed by atoms with van der Waals surface area (Å²) in [6, 6.07) is 7.39. The molecule has 0 aliphatic carbocycles. The Balaban J connectivity index is 1.60. The van der Waals surface area contributed by atoms with Gasteiger partial charge in [-0.05, 0) is 45.9 Å². The van der Waals surface area contributed by atoms with Crippen LogP contribution in [0, 0.1) is 11.6 Å². The first-order valence-electron chi connectivity index (χ1n) is 13.7. The molecule has 234 valence electrons. The Morgan fingerprint density at radius 2 is 1.73 bits per heavy atom. The average molecular weight is 620 g/mol. The predicted octanol–water partition coefficient (Wildman–Crippen LogP) is 5.99. The number of likely N-dealkylation sites (tertiary alicyclic amines) is 1. The molecule has 0 bridgehead atoms. The Hall–Kier alpha value is -4.49. The third kappa shape index (κ3) is 5.48. The SMILES string of the molecule is COc1nc(N[C@H](C)c2cccc(C(F)(F)F)c2F)c2c(n1)C1(CN(C(=O)OC(C)(C)C)C1)C(=O)N(c1ccccc1F)C2. The van der Waals surface area contributed by atoms with Crippen molar-refractivity contribution >= 4 is 23.5 Å². The fourth-order valence-electron chi connectivity index (χ4n) is 5.41. The van der Waals surface area contributed by atoms with Gasteiger partial charge in [-0.25, -0.2) is 13.6 Å². The summed E-state index contributed by atoms with van der Waals surface area (Å²) >= 11 is 0. The lowest BCUT2D eigenvalue weighted by Gasteiger charge is -2.52. The fraction of sp³-hybridized carbons (Fsp3) is 0.400. The molecular weight excluding hydrogens is 589 g/mol. The van der Waals surface area contributed by atoms with Crippen LogP contribution in [0.1, 0.15) is 56.1 Å². The lowest BCUT2D eigenvalue weighted by Crippen LogP contribution is -2.70. The molecule has 44 heavy (non-hydrogen) atoms. The molecule has 0 radical (unpaired) electrons. The summed E-state index contributed by atoms with van der Waals surface area (Å²) in [6.07, 6.45) is -5.57. The van der Waals surface area contributed by atoms with Crippen LogP contribution in [-0.2, 0) is 27.7 Å². The van der Waals surface area contributed by atoms with Gasteiger partial charge in [0.15, 0.2) is 0 Å². The van der Waals surface area contributed by atoms with Crippen LogP contribution in [0.4, 0.5) is 38.3 Å². The zero-order valence-corrected chi connectivity index (χ0v) is 24.6. The summed E-state index contributed by atoms with van der Waals surface area (Å²) in [6.45, 7) is 6.01. The summed E-state index contributed by atoms with van der Waals surface area (Å²) in [5.74, 6) is -2.61. The van der Waals surface area contributed by atoms with Crippen molar-refractivity contribution in [2.45, 2.75) is 57.5 Å². The Morgan fingerprint density at radius 3 is 2.34 bits per heavy atom. The summed E-state index contributed by atoms with van der Waals surface area (Å²) in [7, 11) is 1.29. The van der Waals surface area contributed by atoms with Gasteiger partial charge < -0.3 is 24.6 Å². The van der Waals surface area contributed by atoms with Crippen molar-refractivity contribution in [2.24, 2.45) is 0 Å². The number of methoxy groups -OCH3 is 1. The molecular formula is C30H30F5N5O4. The molecule has 3 aromatic rings. The molecule has 5 rings (SSSR count). The van der Waals surface area contributed by atoms with E-state index in [0.717, 1.165) is 6.07 Å². The van der Waals surface area contributed by atoms with E-state index in [0.29, 0.717) is 11.6 Å². The first-order valence-corrected chi connectivity index (χ1v) is 13.7. The number of nitrogens with zero attached hydrogens (tertiary/aromatic N) is 4. The molecule has 9 nitrogen and oxygen atoms in total. The standard InChI is InChI=1S/C30H30F5N5O4/c1-16(17-9-8-10-19(22(17)32)30(33,34)35)36-24-18-13-40(21-12-7-6-11-20(21)31)25(41)29(23(18)37-26(38-24)43-5)14-39(15-29)27(42)44-28(2,3)4/h6-12,16H,13-15H2,1-5H3,(H,36,37,38)/t16-/m1/s1. The lowest BCUT2D eigenvalue weighted by atomic mass is 9.71. The summed E-state index contributed by atoms with van der Waals surface area (Å²) in [4.78, 5) is 38.3. The predicted molar refractivity (Wildman–Crippen MR) is 149 cm³/mol. The monoisotopic (exact) mass is 619 g/mol. The molecule has 0 saturated carbocycles. The van der Waals surface area contributed by atoms with Gasteiger partial charge in [0.05, 0.1) is 36.6 Å². The van der Waals surface area contributed by atoms with Crippen LogP contribution < -0.4 is 15.0 Å². The highest BCUT2D eigenvalue weighted by Gasteiger charge is 2.60. The second-order valence-electron chi connectivity index (χ2n) is 11.7. The Kier molecular flexibility index (Phi) is 7.67. The van der Waals surface area contributed by atoms with Gasteiger partial charge in [0, 0.05) is 24.2 Å². The third-order valence-electron chi connectivity index (χ3n) is 7.46. The largest absolute Gasteiger partial charge is 0.467 e. The van der Waals surface area contributed by atoms with Crippen molar-refractivity contribution in [2.75, 3.05) is 30.4 Å². The van der Waals surface area contributed by atoms with Crippen LogP contribution in [-0.4, -0.2) is 52.7 Å². The molecule has 14 heteroatoms. The second-order valence-corrected chi connectivity index (χ2v) is 11.7. The highest BCUT2D eigenvalue weighted by Crippen LogP contribution is 2.46. The molecule has 0 unspecified atom stereocenters. The Labute approximate surface area is 250 Å². The first kappa shape index (κ1) is 31.0. The van der Waals surface area contributed by atoms with Crippen LogP contribution in [0.2, 0.25) is 0 Å². The number of carbonyl (C=O) groups is 2. The average Bonchev–Trinajstić information content (AvgIpc) is 2.90. The summed E-state index contributed by atoms with van der Waals surface area (Å²) in [5.41, 5.74) is -3.49. The molecule has 2 aliphatic rings. The first-order chi connectivity index (χ1) is 20.6. The van der Waals surface area contributed by atoms with Gasteiger partial charge in [0.2, 0.25) is 5.91 Å². The number of nitrogens with one attached hydrogen (secondary N) is 1. The second kappa shape index (κ2) is 10.9. The Morgan fingerprint density at radius 1 is 1.05 bits per heavy atom. The molecule has 2 aromatic carbocycles. The molecule has 1 N–H and O–H groups in total. The number of hydrogen-bond donors (Lipinski definition) is 1. The topological polar surface area (TPSA) is 96.9 Å². The molecule has 1 aromatic heterocycles. The van der Waals surface area contributed by atoms with Crippen LogP contribution in [0.3, 0.4) is 0 Å². The van der Waals surface area contributed by atoms with Crippen molar-refractivity contribution in [1.82, 2.24) is 14.9 Å². The summed E-state index contributed by atoms with van der Waals surface area (Å²) in [5, 5.41) is 2.96. The van der Waals surface area contributed by atoms with E-state index in [1.165, 1.54) is 48.1 Å². The van der Waals surface area contributed by atoms with Gasteiger partial charge in [-0.1, -0.05) is 24.3 Å². The number of ether oxygens (including phenoxy) is 2. The number of fused-ring (bicyclic) bond motifs is 2. The normalized spacial score (nSPS) is 16.7. The van der Waals surface area contributed by atoms with E-state index in [9.17, 15) is 22.8 Å². The van der Waals surface area contributed by atoms with Crippen molar-refractivity contribution in [1.29, 1.82) is 0 Å². The number of anilines is 2. The van der Waals surface area contributed by atoms with Crippen LogP contribution in [0.15, 0.2) is 42.5 Å². The molecule has 2 amide bonds. The number of benzene rings is 2. The van der Waals surface area contributed by atoms with Crippen molar-refractivity contribution < 1.29 is 41.0 Å². The zero-order chi connectivity index (χ0) is 32.2. The number of carbonyl (C=O) groups excluding carboxylic acids is 2. The van der Waals surface area contributed by atoms with E-state index in [1.807, 2.05) is 0 Å². The minimum absolute atomic E-state index is 0.0306. The fourth-order valence-corrected chi connectivity index (χ4v) is 5.41. The van der Waals surface area contributed by atoms with Gasteiger partial charge in [-0.3, -0.25) is 4.79 Å². The van der Waals surface area contributed by atoms with Gasteiger partial charge in [0.1, 0.15) is 28.5 Å². The number of alkyl halides is 3. The van der Waals surface area contributed by atoms with E-state index < -0.39 is 52.4 Å². The Bertz CT molecular complexity index is 1620. The van der Waals surface area contributed by atoms with E-state index in [-0.39, 0.29) is 48.4 Å². The molecule has 2 aliphatic heterocycles. The van der Waals surface area contributed by atoms with Gasteiger partial charge in [-0.2, -0.15) is 23.1 Å². The van der Waals surface area contributed by atoms with Crippen LogP contribution in [0.25, 0.3) is 0 Å². The number of para-hydroxylation sites is 1. The maximum Gasteiger partial charge on any atom is 0.419 e. The van der Waals surface area contributed by atoms with Gasteiger partial charge in [-0.15, -0.1) is 0 Å². The van der Waals surface area contributed by atoms with Crippen molar-refractivity contribution in [3.8, 4) is 6.01 Å². The molecule has 1 saturated heterocycles. The highest BCUT2D eigenvalue weighted by molar-refractivity contribution is 6.05. The highest BCUT2D eigenvalue weighted by atomic mass is 19.4. The van der Waals surface area contributed by atoms with E-state index >= 15 is 8.78 Å². The number of hydrogen-bond acceptors (Lipinski definition) is 7. The number of amides is 2. The molecule has 3 heterocycles. The summed E-state index contributed by atoms with van der Waals surface area (Å²) < 4.78 is 81.1. The zero-order valence-electron chi connectivity index (χ0n) is 24.6. The van der Waals surface area contributed by atoms with Gasteiger partial charge >= 0.3 is 18.3 Å². The number of halogens is 5. The third-order valence-corrected chi connectivity index (χ3v) is 7.46. The molecule has 1 atom stereocenters. The van der Waals surface area contributed by atoms with Gasteiger partial charge in [0.25, 0.3) is 0 Å². The van der Waals surface area contributed by atoms with Crippen molar-refractivity contribution in [3.05, 3.63) is 76.5 Å². The van der Waals surface area contributed by atoms with Crippen LogP contribution >= 0.6 is 0 Å².